The zero-order chi connectivity index (χ0) is 16.5. The lowest BCUT2D eigenvalue weighted by Gasteiger charge is -2.25. The molecule has 0 amide bonds. The fourth-order valence-electron chi connectivity index (χ4n) is 2.34. The first-order valence-electron chi connectivity index (χ1n) is 8.10. The van der Waals surface area contributed by atoms with Crippen LogP contribution in [0.2, 0.25) is 0 Å². The lowest BCUT2D eigenvalue weighted by atomic mass is 9.86. The molecule has 7 heteroatoms. The van der Waals surface area contributed by atoms with Crippen molar-refractivity contribution in [3.63, 3.8) is 0 Å². The van der Waals surface area contributed by atoms with Crippen LogP contribution in [0.15, 0.2) is 35.3 Å². The maximum Gasteiger partial charge on any atom is 0.213 e. The number of aliphatic imine (C=N–C) groups is 1. The Kier molecular flexibility index (Phi) is 6.85. The molecule has 0 bridgehead atoms. The Morgan fingerprint density at radius 1 is 1.26 bits per heavy atom. The van der Waals surface area contributed by atoms with Crippen LogP contribution in [-0.2, 0) is 16.4 Å². The normalized spacial score (nSPS) is 16.1. The molecule has 2 rings (SSSR count). The van der Waals surface area contributed by atoms with Crippen LogP contribution >= 0.6 is 0 Å². The third kappa shape index (κ3) is 7.00. The molecular formula is C16H26N4O2S. The van der Waals surface area contributed by atoms with Crippen molar-refractivity contribution in [1.29, 1.82) is 0 Å². The quantitative estimate of drug-likeness (QED) is 0.459. The summed E-state index contributed by atoms with van der Waals surface area (Å²) < 4.78 is 26.3. The number of nitrogens with two attached hydrogens (primary N) is 1. The summed E-state index contributed by atoms with van der Waals surface area (Å²) in [5.41, 5.74) is 6.96. The van der Waals surface area contributed by atoms with Crippen molar-refractivity contribution in [2.24, 2.45) is 16.6 Å². The molecule has 1 aliphatic carbocycles. The van der Waals surface area contributed by atoms with Crippen LogP contribution in [0.4, 0.5) is 0 Å². The Morgan fingerprint density at radius 2 is 2.00 bits per heavy atom. The van der Waals surface area contributed by atoms with Gasteiger partial charge in [-0.05, 0) is 30.7 Å². The van der Waals surface area contributed by atoms with Crippen LogP contribution in [0.3, 0.4) is 0 Å². The minimum absolute atomic E-state index is 0.0270. The smallest absolute Gasteiger partial charge is 0.213 e. The van der Waals surface area contributed by atoms with Gasteiger partial charge in [0, 0.05) is 13.1 Å². The largest absolute Gasteiger partial charge is 0.370 e. The fourth-order valence-corrected chi connectivity index (χ4v) is 3.30. The van der Waals surface area contributed by atoms with E-state index in [9.17, 15) is 8.42 Å². The van der Waals surface area contributed by atoms with Gasteiger partial charge in [0.25, 0.3) is 0 Å². The van der Waals surface area contributed by atoms with Gasteiger partial charge in [0.15, 0.2) is 5.96 Å². The van der Waals surface area contributed by atoms with E-state index in [1.54, 1.807) is 0 Å². The predicted molar refractivity (Wildman–Crippen MR) is 93.8 cm³/mol. The summed E-state index contributed by atoms with van der Waals surface area (Å²) in [6.07, 6.45) is 4.30. The molecule has 0 aliphatic heterocycles. The van der Waals surface area contributed by atoms with Gasteiger partial charge >= 0.3 is 0 Å². The molecule has 1 aromatic rings. The van der Waals surface area contributed by atoms with Gasteiger partial charge < -0.3 is 11.1 Å². The van der Waals surface area contributed by atoms with E-state index in [1.807, 2.05) is 18.2 Å². The maximum atomic E-state index is 11.8. The molecule has 1 fully saturated rings. The van der Waals surface area contributed by atoms with Crippen LogP contribution in [0.5, 0.6) is 0 Å². The first-order valence-corrected chi connectivity index (χ1v) is 9.75. The molecule has 4 N–H and O–H groups in total. The Bertz CT molecular complexity index is 598. The first-order chi connectivity index (χ1) is 11.1. The lowest BCUT2D eigenvalue weighted by Crippen LogP contribution is -2.36. The van der Waals surface area contributed by atoms with E-state index in [-0.39, 0.29) is 18.3 Å². The van der Waals surface area contributed by atoms with Crippen molar-refractivity contribution in [3.8, 4) is 0 Å². The number of sulfonamides is 1. The molecule has 128 valence electrons. The lowest BCUT2D eigenvalue weighted by molar-refractivity contribution is 0.316. The van der Waals surface area contributed by atoms with Gasteiger partial charge in [0.05, 0.1) is 12.3 Å². The minimum Gasteiger partial charge on any atom is -0.370 e. The molecule has 0 radical (unpaired) electrons. The highest BCUT2D eigenvalue weighted by atomic mass is 32.2. The summed E-state index contributed by atoms with van der Waals surface area (Å²) in [7, 11) is -3.25. The van der Waals surface area contributed by atoms with Crippen LogP contribution < -0.4 is 15.8 Å². The van der Waals surface area contributed by atoms with Gasteiger partial charge in [-0.2, -0.15) is 0 Å². The highest BCUT2D eigenvalue weighted by molar-refractivity contribution is 7.89. The predicted octanol–water partition coefficient (Wildman–Crippen LogP) is 0.853. The van der Waals surface area contributed by atoms with Crippen LogP contribution in [-0.4, -0.2) is 39.8 Å². The van der Waals surface area contributed by atoms with E-state index in [0.717, 1.165) is 19.3 Å². The van der Waals surface area contributed by atoms with E-state index in [0.29, 0.717) is 19.0 Å². The van der Waals surface area contributed by atoms with Crippen molar-refractivity contribution < 1.29 is 8.42 Å². The molecule has 1 saturated carbocycles. The van der Waals surface area contributed by atoms with Gasteiger partial charge in [-0.3, -0.25) is 4.99 Å². The SMILES string of the molecule is NC(=NCCS(=O)(=O)NCC1CCC1)NCCc1ccccc1. The number of rotatable bonds is 9. The average molecular weight is 338 g/mol. The zero-order valence-corrected chi connectivity index (χ0v) is 14.2. The molecule has 0 aromatic heterocycles. The number of nitrogens with one attached hydrogen (secondary N) is 2. The molecule has 0 spiro atoms. The van der Waals surface area contributed by atoms with Crippen LogP contribution in [0, 0.1) is 5.92 Å². The molecular weight excluding hydrogens is 312 g/mol. The molecule has 6 nitrogen and oxygen atoms in total. The van der Waals surface area contributed by atoms with E-state index in [1.165, 1.54) is 12.0 Å². The second-order valence-electron chi connectivity index (χ2n) is 5.89. The Balaban J connectivity index is 1.61. The van der Waals surface area contributed by atoms with Crippen molar-refractivity contribution in [2.75, 3.05) is 25.4 Å². The Hall–Kier alpha value is -1.60. The van der Waals surface area contributed by atoms with E-state index >= 15 is 0 Å². The summed E-state index contributed by atoms with van der Waals surface area (Å²) in [5, 5.41) is 3.00. The zero-order valence-electron chi connectivity index (χ0n) is 13.4. The van der Waals surface area contributed by atoms with Crippen LogP contribution in [0.25, 0.3) is 0 Å². The summed E-state index contributed by atoms with van der Waals surface area (Å²) in [6, 6.07) is 10.1. The molecule has 1 aromatic carbocycles. The molecule has 23 heavy (non-hydrogen) atoms. The number of nitrogens with zero attached hydrogens (tertiary/aromatic N) is 1. The molecule has 0 unspecified atom stereocenters. The van der Waals surface area contributed by atoms with Crippen molar-refractivity contribution in [1.82, 2.24) is 10.0 Å². The van der Waals surface area contributed by atoms with Gasteiger partial charge in [-0.1, -0.05) is 36.8 Å². The highest BCUT2D eigenvalue weighted by Crippen LogP contribution is 2.25. The fraction of sp³-hybridized carbons (Fsp3) is 0.562. The second kappa shape index (κ2) is 8.88. The van der Waals surface area contributed by atoms with E-state index in [4.69, 9.17) is 5.73 Å². The van der Waals surface area contributed by atoms with Crippen molar-refractivity contribution in [2.45, 2.75) is 25.7 Å². The maximum absolute atomic E-state index is 11.8. The Labute approximate surface area is 138 Å². The molecule has 1 aliphatic rings. The average Bonchev–Trinajstić information content (AvgIpc) is 2.46. The van der Waals surface area contributed by atoms with Gasteiger partial charge in [-0.25, -0.2) is 13.1 Å². The minimum atomic E-state index is -3.25. The highest BCUT2D eigenvalue weighted by Gasteiger charge is 2.19. The topological polar surface area (TPSA) is 96.6 Å². The second-order valence-corrected chi connectivity index (χ2v) is 7.82. The van der Waals surface area contributed by atoms with Crippen molar-refractivity contribution >= 4 is 16.0 Å². The van der Waals surface area contributed by atoms with Gasteiger partial charge in [0.2, 0.25) is 10.0 Å². The van der Waals surface area contributed by atoms with Gasteiger partial charge in [0.1, 0.15) is 0 Å². The van der Waals surface area contributed by atoms with Crippen LogP contribution in [0.1, 0.15) is 24.8 Å². The summed E-state index contributed by atoms with van der Waals surface area (Å²) in [4.78, 5) is 4.07. The summed E-state index contributed by atoms with van der Waals surface area (Å²) >= 11 is 0. The third-order valence-electron chi connectivity index (χ3n) is 4.02. The van der Waals surface area contributed by atoms with Gasteiger partial charge in [-0.15, -0.1) is 0 Å². The number of hydrogen-bond donors (Lipinski definition) is 3. The number of benzene rings is 1. The molecule has 0 heterocycles. The molecule has 0 saturated heterocycles. The van der Waals surface area contributed by atoms with E-state index < -0.39 is 10.0 Å². The first kappa shape index (κ1) is 17.7. The Morgan fingerprint density at radius 3 is 2.65 bits per heavy atom. The van der Waals surface area contributed by atoms with Crippen molar-refractivity contribution in [3.05, 3.63) is 35.9 Å². The monoisotopic (exact) mass is 338 g/mol. The summed E-state index contributed by atoms with van der Waals surface area (Å²) in [5.74, 6) is 0.772. The molecule has 0 atom stereocenters. The summed E-state index contributed by atoms with van der Waals surface area (Å²) in [6.45, 7) is 1.40. The number of guanidine groups is 1. The third-order valence-corrected chi connectivity index (χ3v) is 5.35. The van der Waals surface area contributed by atoms with E-state index in [2.05, 4.69) is 27.2 Å². The standard InChI is InChI=1S/C16H26N4O2S/c17-16(18-10-9-14-5-2-1-3-6-14)19-11-12-23(21,22)20-13-15-7-4-8-15/h1-3,5-6,15,20H,4,7-13H2,(H3,17,18,19). The number of hydrogen-bond acceptors (Lipinski definition) is 3.